The van der Waals surface area contributed by atoms with Crippen LogP contribution < -0.4 is 15.8 Å². The zero-order valence-corrected chi connectivity index (χ0v) is 13.9. The van der Waals surface area contributed by atoms with Gasteiger partial charge in [-0.05, 0) is 30.3 Å². The van der Waals surface area contributed by atoms with Crippen LogP contribution in [0.4, 0.5) is 14.5 Å². The van der Waals surface area contributed by atoms with E-state index >= 15 is 0 Å². The number of benzene rings is 1. The number of ether oxygens (including phenoxy) is 1. The number of anilines is 1. The Kier molecular flexibility index (Phi) is 5.03. The van der Waals surface area contributed by atoms with Crippen molar-refractivity contribution in [1.82, 2.24) is 9.97 Å². The number of thiazole rings is 1. The molecule has 2 heterocycles. The van der Waals surface area contributed by atoms with E-state index in [0.29, 0.717) is 10.3 Å². The molecule has 0 saturated carbocycles. The minimum Gasteiger partial charge on any atom is -0.485 e. The number of hydrogen-bond donors (Lipinski definition) is 2. The number of alkyl halides is 2. The van der Waals surface area contributed by atoms with Crippen molar-refractivity contribution in [3.05, 3.63) is 47.1 Å². The van der Waals surface area contributed by atoms with Gasteiger partial charge >= 0.3 is 0 Å². The number of nitrogens with zero attached hydrogens (tertiary/aromatic N) is 2. The predicted molar refractivity (Wildman–Crippen MR) is 91.8 cm³/mol. The molecule has 0 aliphatic heterocycles. The number of fused-ring (bicyclic) bond motifs is 1. The standard InChI is InChI=1S/C16H12F2N4O3S/c17-12(18)7-25-11-4-3-8(13(19)23)6-10(11)21-14(24)16-22-9-2-1-5-20-15(9)26-16/h1-6,12H,7H2,(H2,19,23)(H,21,24). The van der Waals surface area contributed by atoms with E-state index in [1.165, 1.54) is 18.2 Å². The monoisotopic (exact) mass is 378 g/mol. The van der Waals surface area contributed by atoms with Crippen LogP contribution in [0.3, 0.4) is 0 Å². The fraction of sp³-hybridized carbons (Fsp3) is 0.125. The van der Waals surface area contributed by atoms with Gasteiger partial charge in [0.05, 0.1) is 5.69 Å². The van der Waals surface area contributed by atoms with Gasteiger partial charge in [0.25, 0.3) is 12.3 Å². The van der Waals surface area contributed by atoms with Crippen molar-refractivity contribution in [2.24, 2.45) is 5.73 Å². The van der Waals surface area contributed by atoms with Gasteiger partial charge in [-0.2, -0.15) is 0 Å². The van der Waals surface area contributed by atoms with Crippen molar-refractivity contribution in [3.63, 3.8) is 0 Å². The van der Waals surface area contributed by atoms with E-state index in [1.807, 2.05) is 0 Å². The SMILES string of the molecule is NC(=O)c1ccc(OCC(F)F)c(NC(=O)c2nc3cccnc3s2)c1. The number of nitrogens with two attached hydrogens (primary N) is 1. The average Bonchev–Trinajstić information content (AvgIpc) is 3.04. The van der Waals surface area contributed by atoms with Crippen LogP contribution in [0.1, 0.15) is 20.2 Å². The number of hydrogen-bond acceptors (Lipinski definition) is 6. The van der Waals surface area contributed by atoms with Crippen molar-refractivity contribution in [3.8, 4) is 5.75 Å². The maximum atomic E-state index is 12.4. The Morgan fingerprint density at radius 3 is 2.81 bits per heavy atom. The second-order valence-corrected chi connectivity index (χ2v) is 6.06. The molecule has 0 unspecified atom stereocenters. The number of halogens is 2. The van der Waals surface area contributed by atoms with Crippen LogP contribution in [0, 0.1) is 0 Å². The molecule has 2 amide bonds. The van der Waals surface area contributed by atoms with Gasteiger partial charge < -0.3 is 15.8 Å². The Labute approximate surface area is 149 Å². The van der Waals surface area contributed by atoms with Crippen molar-refractivity contribution in [2.45, 2.75) is 6.43 Å². The summed E-state index contributed by atoms with van der Waals surface area (Å²) in [4.78, 5) is 32.6. The van der Waals surface area contributed by atoms with Crippen molar-refractivity contribution < 1.29 is 23.1 Å². The van der Waals surface area contributed by atoms with Crippen molar-refractivity contribution in [2.75, 3.05) is 11.9 Å². The smallest absolute Gasteiger partial charge is 0.284 e. The number of pyridine rings is 1. The minimum absolute atomic E-state index is 0.0112. The first-order chi connectivity index (χ1) is 12.4. The largest absolute Gasteiger partial charge is 0.485 e. The number of carbonyl (C=O) groups excluding carboxylic acids is 2. The lowest BCUT2D eigenvalue weighted by atomic mass is 10.1. The van der Waals surface area contributed by atoms with E-state index in [2.05, 4.69) is 15.3 Å². The van der Waals surface area contributed by atoms with Gasteiger partial charge in [-0.15, -0.1) is 0 Å². The van der Waals surface area contributed by atoms with E-state index in [4.69, 9.17) is 10.5 Å². The fourth-order valence-electron chi connectivity index (χ4n) is 2.10. The normalized spacial score (nSPS) is 10.9. The zero-order chi connectivity index (χ0) is 18.7. The third kappa shape index (κ3) is 3.91. The van der Waals surface area contributed by atoms with Crippen LogP contribution in [0.25, 0.3) is 10.3 Å². The molecule has 0 spiro atoms. The Bertz CT molecular complexity index is 944. The molecule has 0 aliphatic carbocycles. The fourth-order valence-corrected chi connectivity index (χ4v) is 2.91. The Morgan fingerprint density at radius 2 is 2.12 bits per heavy atom. The molecule has 0 fully saturated rings. The Balaban J connectivity index is 1.89. The third-order valence-electron chi connectivity index (χ3n) is 3.24. The lowest BCUT2D eigenvalue weighted by Gasteiger charge is -2.12. The van der Waals surface area contributed by atoms with Gasteiger partial charge in [0.1, 0.15) is 22.7 Å². The lowest BCUT2D eigenvalue weighted by molar-refractivity contribution is 0.0821. The second-order valence-electron chi connectivity index (χ2n) is 5.08. The molecule has 0 saturated heterocycles. The number of aromatic nitrogens is 2. The zero-order valence-electron chi connectivity index (χ0n) is 13.1. The highest BCUT2D eigenvalue weighted by molar-refractivity contribution is 7.20. The Hall–Kier alpha value is -3.14. The van der Waals surface area contributed by atoms with Crippen molar-refractivity contribution >= 4 is 39.2 Å². The van der Waals surface area contributed by atoms with Crippen LogP contribution >= 0.6 is 11.3 Å². The van der Waals surface area contributed by atoms with Gasteiger partial charge in [-0.3, -0.25) is 9.59 Å². The van der Waals surface area contributed by atoms with Crippen LogP contribution in [0.5, 0.6) is 5.75 Å². The van der Waals surface area contributed by atoms with Crippen molar-refractivity contribution in [1.29, 1.82) is 0 Å². The molecular formula is C16H12F2N4O3S. The molecular weight excluding hydrogens is 366 g/mol. The summed E-state index contributed by atoms with van der Waals surface area (Å²) in [6, 6.07) is 7.27. The minimum atomic E-state index is -2.69. The van der Waals surface area contributed by atoms with Crippen LogP contribution in [-0.4, -0.2) is 34.8 Å². The molecule has 3 aromatic rings. The van der Waals surface area contributed by atoms with Crippen LogP contribution in [-0.2, 0) is 0 Å². The number of primary amides is 1. The number of carbonyl (C=O) groups is 2. The summed E-state index contributed by atoms with van der Waals surface area (Å²) >= 11 is 1.07. The van der Waals surface area contributed by atoms with Crippen LogP contribution in [0.2, 0.25) is 0 Å². The van der Waals surface area contributed by atoms with Gasteiger partial charge in [0.15, 0.2) is 5.01 Å². The van der Waals surface area contributed by atoms with E-state index in [0.717, 1.165) is 11.3 Å². The lowest BCUT2D eigenvalue weighted by Crippen LogP contribution is -2.16. The molecule has 0 aliphatic rings. The number of nitrogens with one attached hydrogen (secondary N) is 1. The second kappa shape index (κ2) is 7.40. The maximum absolute atomic E-state index is 12.4. The highest BCUT2D eigenvalue weighted by Crippen LogP contribution is 2.28. The molecule has 10 heteroatoms. The summed E-state index contributed by atoms with van der Waals surface area (Å²) < 4.78 is 29.8. The summed E-state index contributed by atoms with van der Waals surface area (Å²) in [5.74, 6) is -1.33. The maximum Gasteiger partial charge on any atom is 0.284 e. The molecule has 2 aromatic heterocycles. The summed E-state index contributed by atoms with van der Waals surface area (Å²) in [5, 5.41) is 2.64. The summed E-state index contributed by atoms with van der Waals surface area (Å²) in [7, 11) is 0. The van der Waals surface area contributed by atoms with E-state index in [9.17, 15) is 18.4 Å². The topological polar surface area (TPSA) is 107 Å². The van der Waals surface area contributed by atoms with Gasteiger partial charge in [-0.1, -0.05) is 11.3 Å². The molecule has 1 aromatic carbocycles. The quantitative estimate of drug-likeness (QED) is 0.686. The highest BCUT2D eigenvalue weighted by Gasteiger charge is 2.17. The first-order valence-electron chi connectivity index (χ1n) is 7.32. The summed E-state index contributed by atoms with van der Waals surface area (Å²) in [6.07, 6.45) is -1.11. The first kappa shape index (κ1) is 17.7. The summed E-state index contributed by atoms with van der Waals surface area (Å²) in [6.45, 7) is -0.857. The molecule has 0 bridgehead atoms. The Morgan fingerprint density at radius 1 is 1.31 bits per heavy atom. The highest BCUT2D eigenvalue weighted by atomic mass is 32.1. The molecule has 134 valence electrons. The third-order valence-corrected chi connectivity index (χ3v) is 4.22. The van der Waals surface area contributed by atoms with E-state index in [-0.39, 0.29) is 22.0 Å². The average molecular weight is 378 g/mol. The van der Waals surface area contributed by atoms with Gasteiger partial charge in [0.2, 0.25) is 5.91 Å². The molecule has 0 radical (unpaired) electrons. The molecule has 7 nitrogen and oxygen atoms in total. The summed E-state index contributed by atoms with van der Waals surface area (Å²) in [5.41, 5.74) is 5.91. The number of rotatable bonds is 6. The van der Waals surface area contributed by atoms with Crippen LogP contribution in [0.15, 0.2) is 36.5 Å². The number of amides is 2. The first-order valence-corrected chi connectivity index (χ1v) is 8.13. The van der Waals surface area contributed by atoms with E-state index in [1.54, 1.807) is 18.3 Å². The van der Waals surface area contributed by atoms with Gasteiger partial charge in [0, 0.05) is 11.8 Å². The molecule has 0 atom stereocenters. The molecule has 26 heavy (non-hydrogen) atoms. The molecule has 3 N–H and O–H groups in total. The predicted octanol–water partition coefficient (Wildman–Crippen LogP) is 2.69. The van der Waals surface area contributed by atoms with Gasteiger partial charge in [-0.25, -0.2) is 18.7 Å². The van der Waals surface area contributed by atoms with E-state index < -0.39 is 24.8 Å². The molecule has 3 rings (SSSR count).